The molecule has 0 saturated heterocycles. The number of ether oxygens (including phenoxy) is 2. The molecule has 0 bridgehead atoms. The molecule has 0 spiro atoms. The molecule has 8 nitrogen and oxygen atoms in total. The van der Waals surface area contributed by atoms with Crippen molar-refractivity contribution in [1.82, 2.24) is 15.0 Å². The van der Waals surface area contributed by atoms with Gasteiger partial charge in [-0.3, -0.25) is 14.2 Å². The Balaban J connectivity index is 1.19. The van der Waals surface area contributed by atoms with Gasteiger partial charge in [0.2, 0.25) is 0 Å². The van der Waals surface area contributed by atoms with Gasteiger partial charge in [-0.1, -0.05) is 37.3 Å². The number of aromatic nitrogens is 2. The monoisotopic (exact) mass is 530 g/mol. The minimum atomic E-state index is -0.407. The lowest BCUT2D eigenvalue weighted by atomic mass is 9.89. The maximum absolute atomic E-state index is 13.1. The normalized spacial score (nSPS) is 14.9. The number of aryl methyl sites for hydroxylation is 1. The minimum absolute atomic E-state index is 0.155. The number of fused-ring (bicyclic) bond motifs is 3. The number of hydrogen-bond acceptors (Lipinski definition) is 7. The Labute approximate surface area is 224 Å². The van der Waals surface area contributed by atoms with Gasteiger partial charge in [0.1, 0.15) is 11.4 Å². The number of amides is 1. The molecule has 2 heterocycles. The maximum atomic E-state index is 13.1. The van der Waals surface area contributed by atoms with E-state index >= 15 is 0 Å². The number of thiophene rings is 1. The third kappa shape index (κ3) is 5.78. The van der Waals surface area contributed by atoms with Gasteiger partial charge >= 0.3 is 0 Å². The molecule has 1 amide bonds. The molecule has 1 atom stereocenters. The summed E-state index contributed by atoms with van der Waals surface area (Å²) < 4.78 is 12.7. The van der Waals surface area contributed by atoms with E-state index in [4.69, 9.17) is 9.47 Å². The number of methoxy groups -OCH3 is 1. The number of benzene rings is 2. The van der Waals surface area contributed by atoms with E-state index in [-0.39, 0.29) is 12.1 Å². The number of carbonyl (C=O) groups is 1. The highest BCUT2D eigenvalue weighted by molar-refractivity contribution is 7.18. The fourth-order valence-corrected chi connectivity index (χ4v) is 6.00. The van der Waals surface area contributed by atoms with Crippen molar-refractivity contribution in [2.75, 3.05) is 13.7 Å². The molecule has 0 radical (unpaired) electrons. The highest BCUT2D eigenvalue weighted by Gasteiger charge is 2.23. The number of hydrazone groups is 1. The number of carbonyl (C=O) groups excluding carboxylic acids is 1. The lowest BCUT2D eigenvalue weighted by Gasteiger charge is -2.17. The van der Waals surface area contributed by atoms with E-state index in [1.54, 1.807) is 24.5 Å². The molecular weight excluding hydrogens is 500 g/mol. The van der Waals surface area contributed by atoms with E-state index in [1.807, 2.05) is 30.3 Å². The van der Waals surface area contributed by atoms with Gasteiger partial charge in [-0.15, -0.1) is 11.3 Å². The number of rotatable bonds is 9. The maximum Gasteiger partial charge on any atom is 0.262 e. The van der Waals surface area contributed by atoms with Crippen molar-refractivity contribution in [3.8, 4) is 11.5 Å². The molecule has 1 aliphatic carbocycles. The Morgan fingerprint density at radius 2 is 2.08 bits per heavy atom. The van der Waals surface area contributed by atoms with Gasteiger partial charge in [-0.25, -0.2) is 10.4 Å². The van der Waals surface area contributed by atoms with Crippen molar-refractivity contribution >= 4 is 33.7 Å². The van der Waals surface area contributed by atoms with Crippen LogP contribution in [0.1, 0.15) is 34.9 Å². The van der Waals surface area contributed by atoms with Crippen LogP contribution in [0.25, 0.3) is 10.2 Å². The van der Waals surface area contributed by atoms with Crippen LogP contribution < -0.4 is 20.5 Å². The van der Waals surface area contributed by atoms with E-state index in [2.05, 4.69) is 34.6 Å². The predicted octanol–water partition coefficient (Wildman–Crippen LogP) is 4.36. The van der Waals surface area contributed by atoms with Gasteiger partial charge in [0.15, 0.2) is 11.5 Å². The van der Waals surface area contributed by atoms with E-state index in [0.717, 1.165) is 41.6 Å². The van der Waals surface area contributed by atoms with Crippen molar-refractivity contribution in [3.05, 3.63) is 86.8 Å². The molecule has 0 saturated carbocycles. The Hall–Kier alpha value is -3.98. The topological polar surface area (TPSA) is 94.8 Å². The van der Waals surface area contributed by atoms with Crippen molar-refractivity contribution < 1.29 is 14.3 Å². The predicted molar refractivity (Wildman–Crippen MR) is 149 cm³/mol. The van der Waals surface area contributed by atoms with Crippen LogP contribution in [0.15, 0.2) is 64.8 Å². The summed E-state index contributed by atoms with van der Waals surface area (Å²) in [5.41, 5.74) is 5.36. The van der Waals surface area contributed by atoms with Crippen molar-refractivity contribution in [2.24, 2.45) is 11.0 Å². The Morgan fingerprint density at radius 1 is 1.24 bits per heavy atom. The van der Waals surface area contributed by atoms with Crippen molar-refractivity contribution in [1.29, 1.82) is 0 Å². The van der Waals surface area contributed by atoms with Crippen LogP contribution in [-0.2, 0) is 30.6 Å². The lowest BCUT2D eigenvalue weighted by Crippen LogP contribution is -2.30. The van der Waals surface area contributed by atoms with Crippen LogP contribution in [0, 0.1) is 5.92 Å². The summed E-state index contributed by atoms with van der Waals surface area (Å²) in [6, 6.07) is 15.6. The Kier molecular flexibility index (Phi) is 7.83. The smallest absolute Gasteiger partial charge is 0.262 e. The highest BCUT2D eigenvalue weighted by Crippen LogP contribution is 2.35. The van der Waals surface area contributed by atoms with Gasteiger partial charge in [0, 0.05) is 11.3 Å². The average Bonchev–Trinajstić information content (AvgIpc) is 3.29. The molecule has 38 heavy (non-hydrogen) atoms. The third-order valence-corrected chi connectivity index (χ3v) is 7.84. The first-order valence-electron chi connectivity index (χ1n) is 12.7. The second-order valence-corrected chi connectivity index (χ2v) is 10.6. The molecule has 2 aromatic heterocycles. The van der Waals surface area contributed by atoms with Gasteiger partial charge in [0.05, 0.1) is 31.6 Å². The lowest BCUT2D eigenvalue weighted by molar-refractivity contribution is -0.121. The first-order valence-corrected chi connectivity index (χ1v) is 13.5. The Morgan fingerprint density at radius 3 is 2.89 bits per heavy atom. The van der Waals surface area contributed by atoms with E-state index in [9.17, 15) is 9.59 Å². The molecule has 0 unspecified atom stereocenters. The van der Waals surface area contributed by atoms with E-state index < -0.39 is 5.91 Å². The SMILES string of the molecule is COc1cc(/C=N\NC(=O)Cn2cnc3sc4c(c3c2=O)CC[C@H](C)C4)ccc1OCCc1ccccc1. The second-order valence-electron chi connectivity index (χ2n) is 9.50. The molecular formula is C29H30N4O4S. The zero-order valence-electron chi connectivity index (χ0n) is 21.5. The molecule has 1 aliphatic rings. The summed E-state index contributed by atoms with van der Waals surface area (Å²) in [7, 11) is 1.58. The summed E-state index contributed by atoms with van der Waals surface area (Å²) in [6.45, 7) is 2.60. The molecule has 196 valence electrons. The Bertz CT molecular complexity index is 1530. The molecule has 0 fully saturated rings. The summed E-state index contributed by atoms with van der Waals surface area (Å²) in [5.74, 6) is 1.42. The van der Waals surface area contributed by atoms with Crippen LogP contribution in [0.4, 0.5) is 0 Å². The zero-order chi connectivity index (χ0) is 26.5. The quantitative estimate of drug-likeness (QED) is 0.256. The summed E-state index contributed by atoms with van der Waals surface area (Å²) in [5, 5.41) is 4.71. The summed E-state index contributed by atoms with van der Waals surface area (Å²) in [6.07, 6.45) is 6.69. The summed E-state index contributed by atoms with van der Waals surface area (Å²) in [4.78, 5) is 32.1. The van der Waals surface area contributed by atoms with Crippen LogP contribution in [0.3, 0.4) is 0 Å². The van der Waals surface area contributed by atoms with Gasteiger partial charge < -0.3 is 9.47 Å². The minimum Gasteiger partial charge on any atom is -0.493 e. The largest absolute Gasteiger partial charge is 0.493 e. The average molecular weight is 531 g/mol. The highest BCUT2D eigenvalue weighted by atomic mass is 32.1. The van der Waals surface area contributed by atoms with Gasteiger partial charge in [-0.05, 0) is 60.1 Å². The van der Waals surface area contributed by atoms with Gasteiger partial charge in [0.25, 0.3) is 11.5 Å². The van der Waals surface area contributed by atoms with Gasteiger partial charge in [-0.2, -0.15) is 5.10 Å². The van der Waals surface area contributed by atoms with E-state index in [0.29, 0.717) is 29.4 Å². The fraction of sp³-hybridized carbons (Fsp3) is 0.310. The van der Waals surface area contributed by atoms with Crippen molar-refractivity contribution in [3.63, 3.8) is 0 Å². The fourth-order valence-electron chi connectivity index (χ4n) is 4.65. The second kappa shape index (κ2) is 11.6. The molecule has 1 N–H and O–H groups in total. The molecule has 9 heteroatoms. The standard InChI is InChI=1S/C29H30N4O4S/c1-19-8-10-22-25(14-19)38-28-27(22)29(35)33(18-30-28)17-26(34)32-31-16-21-9-11-23(24(15-21)36-2)37-13-12-20-6-4-3-5-7-20/h3-7,9,11,15-16,18-19H,8,10,12-14,17H2,1-2H3,(H,32,34)/b31-16-/t19-/m0/s1. The number of hydrogen-bond donors (Lipinski definition) is 1. The first kappa shape index (κ1) is 25.7. The molecule has 0 aliphatic heterocycles. The molecule has 5 rings (SSSR count). The summed E-state index contributed by atoms with van der Waals surface area (Å²) >= 11 is 1.60. The number of nitrogens with one attached hydrogen (secondary N) is 1. The molecule has 4 aromatic rings. The third-order valence-electron chi connectivity index (χ3n) is 6.68. The van der Waals surface area contributed by atoms with Crippen LogP contribution in [-0.4, -0.2) is 35.4 Å². The zero-order valence-corrected chi connectivity index (χ0v) is 22.3. The van der Waals surface area contributed by atoms with Crippen molar-refractivity contribution in [2.45, 2.75) is 39.2 Å². The van der Waals surface area contributed by atoms with Crippen LogP contribution in [0.2, 0.25) is 0 Å². The number of nitrogens with zero attached hydrogens (tertiary/aromatic N) is 3. The van der Waals surface area contributed by atoms with Crippen LogP contribution in [0.5, 0.6) is 11.5 Å². The first-order chi connectivity index (χ1) is 18.5. The van der Waals surface area contributed by atoms with E-state index in [1.165, 1.54) is 27.5 Å². The van der Waals surface area contributed by atoms with Crippen LogP contribution >= 0.6 is 11.3 Å². The molecule has 2 aromatic carbocycles.